The van der Waals surface area contributed by atoms with Crippen LogP contribution >= 0.6 is 11.8 Å². The van der Waals surface area contributed by atoms with Gasteiger partial charge in [0.25, 0.3) is 0 Å². The van der Waals surface area contributed by atoms with Crippen LogP contribution in [0.1, 0.15) is 13.3 Å². The van der Waals surface area contributed by atoms with E-state index in [0.29, 0.717) is 18.2 Å². The van der Waals surface area contributed by atoms with Crippen LogP contribution in [-0.2, 0) is 14.4 Å². The second-order valence-corrected chi connectivity index (χ2v) is 4.45. The summed E-state index contributed by atoms with van der Waals surface area (Å²) in [5, 5.41) is 19.4. The van der Waals surface area contributed by atoms with Crippen molar-refractivity contribution < 1.29 is 24.6 Å². The molecule has 17 heavy (non-hydrogen) atoms. The van der Waals surface area contributed by atoms with Crippen LogP contribution in [0.25, 0.3) is 0 Å². The zero-order chi connectivity index (χ0) is 13.3. The molecule has 0 aliphatic carbocycles. The summed E-state index contributed by atoms with van der Waals surface area (Å²) in [7, 11) is 0. The second kappa shape index (κ2) is 8.63. The van der Waals surface area contributed by atoms with Gasteiger partial charge in [-0.2, -0.15) is 11.8 Å². The van der Waals surface area contributed by atoms with Crippen molar-refractivity contribution in [2.24, 2.45) is 0 Å². The Labute approximate surface area is 103 Å². The Balaban J connectivity index is 4.20. The number of rotatable bonds is 8. The first-order valence-corrected chi connectivity index (χ1v) is 6.15. The third-order valence-electron chi connectivity index (χ3n) is 1.75. The van der Waals surface area contributed by atoms with Gasteiger partial charge in [-0.3, -0.25) is 4.79 Å². The molecule has 0 spiro atoms. The molecule has 1 amide bonds. The molecule has 3 N–H and O–H groups in total. The number of carbonyl (C=O) groups excluding carboxylic acids is 1. The van der Waals surface area contributed by atoms with E-state index >= 15 is 0 Å². The van der Waals surface area contributed by atoms with Crippen LogP contribution in [-0.4, -0.2) is 45.6 Å². The summed E-state index contributed by atoms with van der Waals surface area (Å²) in [5.74, 6) is -1.61. The van der Waals surface area contributed by atoms with Crippen LogP contribution in [0.2, 0.25) is 0 Å². The first-order valence-electron chi connectivity index (χ1n) is 4.99. The molecule has 0 heterocycles. The van der Waals surface area contributed by atoms with Gasteiger partial charge in [0.2, 0.25) is 5.91 Å². The smallest absolute Gasteiger partial charge is 0.328 e. The fourth-order valence-electron chi connectivity index (χ4n) is 0.970. The first kappa shape index (κ1) is 15.5. The summed E-state index contributed by atoms with van der Waals surface area (Å²) in [6.45, 7) is 1.95. The number of nitrogens with one attached hydrogen (secondary N) is 1. The van der Waals surface area contributed by atoms with Crippen LogP contribution in [0.15, 0.2) is 12.2 Å². The lowest BCUT2D eigenvalue weighted by molar-refractivity contribution is -0.141. The largest absolute Gasteiger partial charge is 0.480 e. The number of hydrogen-bond donors (Lipinski definition) is 3. The third kappa shape index (κ3) is 8.32. The van der Waals surface area contributed by atoms with E-state index in [0.717, 1.165) is 11.8 Å². The molecule has 0 bridgehead atoms. The minimum absolute atomic E-state index is 0.306. The molecule has 0 saturated carbocycles. The van der Waals surface area contributed by atoms with Gasteiger partial charge in [-0.1, -0.05) is 6.92 Å². The van der Waals surface area contributed by atoms with Crippen LogP contribution in [0.4, 0.5) is 0 Å². The number of thioether (sulfide) groups is 1. The molecule has 0 aromatic heterocycles. The highest BCUT2D eigenvalue weighted by Crippen LogP contribution is 2.04. The van der Waals surface area contributed by atoms with E-state index in [4.69, 9.17) is 10.2 Å². The summed E-state index contributed by atoms with van der Waals surface area (Å²) in [5.41, 5.74) is 0. The quantitative estimate of drug-likeness (QED) is 0.430. The molecule has 1 atom stereocenters. The minimum Gasteiger partial charge on any atom is -0.480 e. The summed E-state index contributed by atoms with van der Waals surface area (Å²) in [4.78, 5) is 32.1. The van der Waals surface area contributed by atoms with Crippen molar-refractivity contribution in [1.29, 1.82) is 0 Å². The molecule has 1 unspecified atom stereocenters. The van der Waals surface area contributed by atoms with Gasteiger partial charge in [-0.05, 0) is 17.9 Å². The standard InChI is InChI=1S/C10H15NO5S/c1-2-17-6-5-7(10(15)16)11-8(12)3-4-9(13)14/h3-4,7H,2,5-6H2,1H3,(H,11,12)(H,13,14)(H,15,16)/b4-3+. The molecule has 0 rings (SSSR count). The van der Waals surface area contributed by atoms with Crippen molar-refractivity contribution in [1.82, 2.24) is 5.32 Å². The van der Waals surface area contributed by atoms with Crippen LogP contribution in [0.3, 0.4) is 0 Å². The molecule has 0 saturated heterocycles. The van der Waals surface area contributed by atoms with Gasteiger partial charge in [-0.25, -0.2) is 9.59 Å². The second-order valence-electron chi connectivity index (χ2n) is 3.06. The number of carboxylic acids is 2. The monoisotopic (exact) mass is 261 g/mol. The topological polar surface area (TPSA) is 104 Å². The fraction of sp³-hybridized carbons (Fsp3) is 0.500. The van der Waals surface area contributed by atoms with E-state index in [1.807, 2.05) is 6.92 Å². The molecular formula is C10H15NO5S. The van der Waals surface area contributed by atoms with E-state index in [9.17, 15) is 14.4 Å². The van der Waals surface area contributed by atoms with Crippen molar-refractivity contribution in [3.63, 3.8) is 0 Å². The Kier molecular flexibility index (Phi) is 7.87. The molecule has 0 aliphatic heterocycles. The summed E-state index contributed by atoms with van der Waals surface area (Å²) >= 11 is 1.57. The zero-order valence-electron chi connectivity index (χ0n) is 9.38. The predicted molar refractivity (Wildman–Crippen MR) is 64.0 cm³/mol. The maximum atomic E-state index is 11.2. The Hall–Kier alpha value is -1.50. The molecule has 0 fully saturated rings. The number of amides is 1. The number of carbonyl (C=O) groups is 3. The number of aliphatic carboxylic acids is 2. The van der Waals surface area contributed by atoms with E-state index in [1.165, 1.54) is 0 Å². The molecule has 0 aliphatic rings. The lowest BCUT2D eigenvalue weighted by Gasteiger charge is -2.12. The Morgan fingerprint density at radius 1 is 1.29 bits per heavy atom. The van der Waals surface area contributed by atoms with Crippen molar-refractivity contribution in [2.75, 3.05) is 11.5 Å². The molecule has 0 aromatic carbocycles. The van der Waals surface area contributed by atoms with E-state index < -0.39 is 23.9 Å². The average Bonchev–Trinajstić information content (AvgIpc) is 2.25. The summed E-state index contributed by atoms with van der Waals surface area (Å²) in [6, 6.07) is -0.986. The number of hydrogen-bond acceptors (Lipinski definition) is 4. The molecular weight excluding hydrogens is 246 g/mol. The maximum Gasteiger partial charge on any atom is 0.328 e. The summed E-state index contributed by atoms with van der Waals surface area (Å²) in [6.07, 6.45) is 1.76. The molecule has 96 valence electrons. The zero-order valence-corrected chi connectivity index (χ0v) is 10.2. The highest BCUT2D eigenvalue weighted by Gasteiger charge is 2.18. The van der Waals surface area contributed by atoms with Gasteiger partial charge in [0, 0.05) is 12.2 Å². The predicted octanol–water partition coefficient (Wildman–Crippen LogP) is 0.340. The van der Waals surface area contributed by atoms with Gasteiger partial charge in [0.05, 0.1) is 0 Å². The first-order chi connectivity index (χ1) is 7.97. The highest BCUT2D eigenvalue weighted by atomic mass is 32.2. The van der Waals surface area contributed by atoms with Crippen LogP contribution in [0.5, 0.6) is 0 Å². The van der Waals surface area contributed by atoms with Crippen molar-refractivity contribution in [3.05, 3.63) is 12.2 Å². The molecule has 0 aromatic rings. The van der Waals surface area contributed by atoms with Gasteiger partial charge in [-0.15, -0.1) is 0 Å². The van der Waals surface area contributed by atoms with Crippen molar-refractivity contribution >= 4 is 29.6 Å². The van der Waals surface area contributed by atoms with E-state index in [1.54, 1.807) is 11.8 Å². The highest BCUT2D eigenvalue weighted by molar-refractivity contribution is 7.99. The Morgan fingerprint density at radius 3 is 2.41 bits per heavy atom. The number of carboxylic acid groups (broad SMARTS) is 2. The van der Waals surface area contributed by atoms with Crippen molar-refractivity contribution in [3.8, 4) is 0 Å². The minimum atomic E-state index is -1.26. The van der Waals surface area contributed by atoms with Crippen LogP contribution in [0, 0.1) is 0 Å². The van der Waals surface area contributed by atoms with Crippen molar-refractivity contribution in [2.45, 2.75) is 19.4 Å². The van der Waals surface area contributed by atoms with Gasteiger partial charge < -0.3 is 15.5 Å². The molecule has 6 nitrogen and oxygen atoms in total. The molecule has 0 radical (unpaired) electrons. The average molecular weight is 261 g/mol. The fourth-order valence-corrected chi connectivity index (χ4v) is 1.66. The Morgan fingerprint density at radius 2 is 1.94 bits per heavy atom. The van der Waals surface area contributed by atoms with Gasteiger partial charge in [0.1, 0.15) is 6.04 Å². The van der Waals surface area contributed by atoms with Crippen LogP contribution < -0.4 is 5.32 Å². The maximum absolute atomic E-state index is 11.2. The third-order valence-corrected chi connectivity index (χ3v) is 2.68. The lowest BCUT2D eigenvalue weighted by Crippen LogP contribution is -2.40. The van der Waals surface area contributed by atoms with E-state index in [-0.39, 0.29) is 0 Å². The van der Waals surface area contributed by atoms with Gasteiger partial charge in [0.15, 0.2) is 0 Å². The van der Waals surface area contributed by atoms with E-state index in [2.05, 4.69) is 5.32 Å². The normalized spacial score (nSPS) is 12.3. The summed E-state index contributed by atoms with van der Waals surface area (Å²) < 4.78 is 0. The molecule has 7 heteroatoms. The SMILES string of the molecule is CCSCCC(NC(=O)/C=C/C(=O)O)C(=O)O. The van der Waals surface area contributed by atoms with Gasteiger partial charge >= 0.3 is 11.9 Å². The lowest BCUT2D eigenvalue weighted by atomic mass is 10.2. The Bertz CT molecular complexity index is 316.